The molecule has 0 spiro atoms. The molecule has 1 aromatic rings. The number of rotatable bonds is 4. The molecule has 0 amide bonds. The molecule has 0 atom stereocenters. The van der Waals surface area contributed by atoms with E-state index in [9.17, 15) is 0 Å². The number of halogens is 1. The summed E-state index contributed by atoms with van der Waals surface area (Å²) in [5, 5.41) is 0. The summed E-state index contributed by atoms with van der Waals surface area (Å²) in [5.41, 5.74) is 2.68. The molecule has 14 heavy (non-hydrogen) atoms. The van der Waals surface area contributed by atoms with Crippen LogP contribution < -0.4 is 0 Å². The highest BCUT2D eigenvalue weighted by Crippen LogP contribution is 2.19. The number of hydrogen-bond acceptors (Lipinski definition) is 1. The van der Waals surface area contributed by atoms with E-state index in [1.54, 1.807) is 0 Å². The molecule has 0 radical (unpaired) electrons. The molecular weight excluding hydrogens is 238 g/mol. The average molecular weight is 256 g/mol. The largest absolute Gasteiger partial charge is 0.300 e. The van der Waals surface area contributed by atoms with E-state index >= 15 is 0 Å². The van der Waals surface area contributed by atoms with Gasteiger partial charge in [-0.15, -0.1) is 0 Å². The van der Waals surface area contributed by atoms with Crippen molar-refractivity contribution in [1.29, 1.82) is 0 Å². The second kappa shape index (κ2) is 5.52. The molecule has 0 aliphatic rings. The molecule has 2 heteroatoms. The monoisotopic (exact) mass is 255 g/mol. The van der Waals surface area contributed by atoms with Gasteiger partial charge < -0.3 is 0 Å². The first-order valence-electron chi connectivity index (χ1n) is 5.14. The van der Waals surface area contributed by atoms with Gasteiger partial charge in [0, 0.05) is 11.0 Å². The van der Waals surface area contributed by atoms with Crippen LogP contribution >= 0.6 is 15.9 Å². The molecule has 0 bridgehead atoms. The van der Waals surface area contributed by atoms with Crippen LogP contribution in [0.25, 0.3) is 0 Å². The Hall–Kier alpha value is -0.340. The molecule has 0 aliphatic carbocycles. The van der Waals surface area contributed by atoms with Crippen LogP contribution in [0.3, 0.4) is 0 Å². The Kier molecular flexibility index (Phi) is 4.63. The van der Waals surface area contributed by atoms with Crippen molar-refractivity contribution in [3.63, 3.8) is 0 Å². The number of aryl methyl sites for hydroxylation is 1. The number of nitrogens with zero attached hydrogens (tertiary/aromatic N) is 1. The third-order valence-corrected chi connectivity index (χ3v) is 3.24. The third kappa shape index (κ3) is 3.10. The fourth-order valence-electron chi connectivity index (χ4n) is 1.47. The second-order valence-electron chi connectivity index (χ2n) is 3.56. The molecule has 0 N–H and O–H groups in total. The first kappa shape index (κ1) is 11.7. The van der Waals surface area contributed by atoms with Crippen molar-refractivity contribution in [1.82, 2.24) is 4.90 Å². The maximum Gasteiger partial charge on any atom is 0.0244 e. The predicted octanol–water partition coefficient (Wildman–Crippen LogP) is 3.60. The van der Waals surface area contributed by atoms with E-state index in [1.807, 2.05) is 0 Å². The minimum atomic E-state index is 1.04. The van der Waals surface area contributed by atoms with Gasteiger partial charge in [-0.3, -0.25) is 4.90 Å². The molecule has 0 aromatic heterocycles. The lowest BCUT2D eigenvalue weighted by molar-refractivity contribution is 0.295. The SMILES string of the molecule is CCN(CC)Cc1ccc(C)cc1Br. The molecule has 1 nitrogen and oxygen atoms in total. The lowest BCUT2D eigenvalue weighted by Gasteiger charge is -2.18. The van der Waals surface area contributed by atoms with Crippen LogP contribution in [0.15, 0.2) is 22.7 Å². The molecule has 1 rings (SSSR count). The third-order valence-electron chi connectivity index (χ3n) is 2.50. The van der Waals surface area contributed by atoms with E-state index < -0.39 is 0 Å². The zero-order chi connectivity index (χ0) is 10.6. The van der Waals surface area contributed by atoms with E-state index in [-0.39, 0.29) is 0 Å². The quantitative estimate of drug-likeness (QED) is 0.795. The zero-order valence-electron chi connectivity index (χ0n) is 9.18. The van der Waals surface area contributed by atoms with Gasteiger partial charge >= 0.3 is 0 Å². The van der Waals surface area contributed by atoms with E-state index in [4.69, 9.17) is 0 Å². The van der Waals surface area contributed by atoms with Crippen LogP contribution in [-0.2, 0) is 6.54 Å². The first-order valence-corrected chi connectivity index (χ1v) is 5.94. The normalized spacial score (nSPS) is 10.9. The zero-order valence-corrected chi connectivity index (χ0v) is 10.8. The van der Waals surface area contributed by atoms with Crippen molar-refractivity contribution in [2.24, 2.45) is 0 Å². The van der Waals surface area contributed by atoms with Crippen LogP contribution in [0.2, 0.25) is 0 Å². The molecule has 0 saturated carbocycles. The van der Waals surface area contributed by atoms with E-state index in [0.29, 0.717) is 0 Å². The summed E-state index contributed by atoms with van der Waals surface area (Å²) in [4.78, 5) is 2.41. The van der Waals surface area contributed by atoms with E-state index in [1.165, 1.54) is 15.6 Å². The summed E-state index contributed by atoms with van der Waals surface area (Å²) in [6, 6.07) is 6.56. The molecule has 0 aliphatic heterocycles. The van der Waals surface area contributed by atoms with Gasteiger partial charge in [-0.1, -0.05) is 41.9 Å². The summed E-state index contributed by atoms with van der Waals surface area (Å²) in [5.74, 6) is 0. The van der Waals surface area contributed by atoms with Crippen molar-refractivity contribution in [3.8, 4) is 0 Å². The number of benzene rings is 1. The molecule has 0 heterocycles. The van der Waals surface area contributed by atoms with Crippen molar-refractivity contribution < 1.29 is 0 Å². The smallest absolute Gasteiger partial charge is 0.0244 e. The van der Waals surface area contributed by atoms with Gasteiger partial charge in [-0.25, -0.2) is 0 Å². The molecule has 0 unspecified atom stereocenters. The van der Waals surface area contributed by atoms with Crippen molar-refractivity contribution >= 4 is 15.9 Å². The highest BCUT2D eigenvalue weighted by Gasteiger charge is 2.04. The van der Waals surface area contributed by atoms with Gasteiger partial charge in [0.2, 0.25) is 0 Å². The van der Waals surface area contributed by atoms with Crippen LogP contribution in [0.5, 0.6) is 0 Å². The van der Waals surface area contributed by atoms with Gasteiger partial charge in [-0.05, 0) is 37.2 Å². The molecule has 78 valence electrons. The second-order valence-corrected chi connectivity index (χ2v) is 4.41. The summed E-state index contributed by atoms with van der Waals surface area (Å²) in [6.45, 7) is 9.77. The summed E-state index contributed by atoms with van der Waals surface area (Å²) < 4.78 is 1.23. The van der Waals surface area contributed by atoms with Crippen LogP contribution in [0.1, 0.15) is 25.0 Å². The fourth-order valence-corrected chi connectivity index (χ4v) is 2.09. The Bertz CT molecular complexity index is 292. The summed E-state index contributed by atoms with van der Waals surface area (Å²) in [6.07, 6.45) is 0. The van der Waals surface area contributed by atoms with Crippen molar-refractivity contribution in [3.05, 3.63) is 33.8 Å². The Balaban J connectivity index is 2.76. The lowest BCUT2D eigenvalue weighted by Crippen LogP contribution is -2.22. The Morgan fingerprint density at radius 1 is 1.21 bits per heavy atom. The Morgan fingerprint density at radius 2 is 1.86 bits per heavy atom. The molecule has 1 aromatic carbocycles. The Labute approximate surface area is 95.2 Å². The van der Waals surface area contributed by atoms with Crippen LogP contribution in [0.4, 0.5) is 0 Å². The van der Waals surface area contributed by atoms with E-state index in [0.717, 1.165) is 19.6 Å². The maximum absolute atomic E-state index is 3.61. The van der Waals surface area contributed by atoms with Gasteiger partial charge in [-0.2, -0.15) is 0 Å². The number of hydrogen-bond donors (Lipinski definition) is 0. The van der Waals surface area contributed by atoms with Gasteiger partial charge in [0.25, 0.3) is 0 Å². The summed E-state index contributed by atoms with van der Waals surface area (Å²) in [7, 11) is 0. The van der Waals surface area contributed by atoms with Crippen LogP contribution in [-0.4, -0.2) is 18.0 Å². The highest BCUT2D eigenvalue weighted by molar-refractivity contribution is 9.10. The fraction of sp³-hybridized carbons (Fsp3) is 0.500. The first-order chi connectivity index (χ1) is 6.67. The maximum atomic E-state index is 3.61. The predicted molar refractivity (Wildman–Crippen MR) is 65.5 cm³/mol. The highest BCUT2D eigenvalue weighted by atomic mass is 79.9. The molecule has 0 saturated heterocycles. The molecular formula is C12H18BrN. The van der Waals surface area contributed by atoms with Gasteiger partial charge in [0.1, 0.15) is 0 Å². The average Bonchev–Trinajstić information content (AvgIpc) is 2.17. The minimum absolute atomic E-state index is 1.04. The van der Waals surface area contributed by atoms with Gasteiger partial charge in [0.15, 0.2) is 0 Å². The lowest BCUT2D eigenvalue weighted by atomic mass is 10.1. The molecule has 0 fully saturated rings. The minimum Gasteiger partial charge on any atom is -0.300 e. The van der Waals surface area contributed by atoms with Crippen molar-refractivity contribution in [2.75, 3.05) is 13.1 Å². The van der Waals surface area contributed by atoms with E-state index in [2.05, 4.69) is 59.8 Å². The van der Waals surface area contributed by atoms with Gasteiger partial charge in [0.05, 0.1) is 0 Å². The van der Waals surface area contributed by atoms with Crippen molar-refractivity contribution in [2.45, 2.75) is 27.3 Å². The topological polar surface area (TPSA) is 3.24 Å². The summed E-state index contributed by atoms with van der Waals surface area (Å²) >= 11 is 3.61. The Morgan fingerprint density at radius 3 is 2.36 bits per heavy atom. The van der Waals surface area contributed by atoms with Crippen LogP contribution in [0, 0.1) is 6.92 Å². The standard InChI is InChI=1S/C12H18BrN/c1-4-14(5-2)9-11-7-6-10(3)8-12(11)13/h6-8H,4-5,9H2,1-3H3.